The Balaban J connectivity index is 1.62. The van der Waals surface area contributed by atoms with Crippen LogP contribution in [0.3, 0.4) is 0 Å². The van der Waals surface area contributed by atoms with Gasteiger partial charge in [-0.05, 0) is 63.8 Å². The Labute approximate surface area is 241 Å². The molecule has 4 rings (SSSR count). The highest BCUT2D eigenvalue weighted by molar-refractivity contribution is 6.05. The van der Waals surface area contributed by atoms with Gasteiger partial charge in [0.15, 0.2) is 5.82 Å². The lowest BCUT2D eigenvalue weighted by Gasteiger charge is -2.35. The number of fused-ring (bicyclic) bond motifs is 1. The summed E-state index contributed by atoms with van der Waals surface area (Å²) in [5.41, 5.74) is -0.201. The maximum atomic E-state index is 14.2. The Kier molecular flexibility index (Phi) is 8.43. The van der Waals surface area contributed by atoms with Crippen molar-refractivity contribution in [3.05, 3.63) is 89.6 Å². The maximum Gasteiger partial charge on any atom is 0.504 e. The van der Waals surface area contributed by atoms with E-state index in [2.05, 4.69) is 27.6 Å². The number of carbonyl (C=O) groups excluding carboxylic acids is 3. The van der Waals surface area contributed by atoms with Crippen molar-refractivity contribution in [1.82, 2.24) is 24.9 Å². The minimum Gasteiger partial charge on any atom is -0.330 e. The largest absolute Gasteiger partial charge is 0.504 e. The fourth-order valence-electron chi connectivity index (χ4n) is 4.91. The van der Waals surface area contributed by atoms with Gasteiger partial charge < -0.3 is 25.8 Å². The Hall–Kier alpha value is -4.65. The van der Waals surface area contributed by atoms with Gasteiger partial charge in [-0.1, -0.05) is 36.9 Å². The normalized spacial score (nSPS) is 14.7. The lowest BCUT2D eigenvalue weighted by Crippen LogP contribution is -2.49. The summed E-state index contributed by atoms with van der Waals surface area (Å²) in [5, 5.41) is 11.7. The van der Waals surface area contributed by atoms with Gasteiger partial charge in [-0.3, -0.25) is 9.59 Å². The molecule has 0 fully saturated rings. The molecule has 10 nitrogen and oxygen atoms in total. The van der Waals surface area contributed by atoms with E-state index in [1.807, 2.05) is 49.3 Å². The molecule has 0 saturated heterocycles. The third-order valence-electron chi connectivity index (χ3n) is 6.92. The standard InChI is InChI=1S/C29H32F3N7O3/c1-6-23(40)33-20-14-12-19(13-15-20)26(41)35-25-21-16-38(28(2,3)24(21)39(36-25)29(30,31)32)27(42)34-22(17-37(4)5)18-10-8-7-9-11-18/h6-15,22H,1,16-17H2,2-5H3,(H,33,40)(H,34,42)(H,35,36,41)/t22-/m1/s1. The molecule has 3 aromatic rings. The second kappa shape index (κ2) is 11.7. The first kappa shape index (κ1) is 30.3. The average Bonchev–Trinajstić information content (AvgIpc) is 3.43. The first-order valence-corrected chi connectivity index (χ1v) is 13.0. The number of urea groups is 1. The van der Waals surface area contributed by atoms with E-state index < -0.39 is 35.7 Å². The number of hydrogen-bond donors (Lipinski definition) is 3. The average molecular weight is 584 g/mol. The van der Waals surface area contributed by atoms with E-state index in [4.69, 9.17) is 0 Å². The molecule has 0 unspecified atom stereocenters. The number of nitrogens with one attached hydrogen (secondary N) is 3. The van der Waals surface area contributed by atoms with Gasteiger partial charge in [0.2, 0.25) is 5.91 Å². The number of amides is 4. The highest BCUT2D eigenvalue weighted by atomic mass is 19.4. The highest BCUT2D eigenvalue weighted by Gasteiger charge is 2.50. The molecule has 0 spiro atoms. The topological polar surface area (TPSA) is 112 Å². The van der Waals surface area contributed by atoms with Crippen molar-refractivity contribution in [3.63, 3.8) is 0 Å². The van der Waals surface area contributed by atoms with E-state index in [-0.39, 0.29) is 33.9 Å². The van der Waals surface area contributed by atoms with Crippen LogP contribution in [0, 0.1) is 0 Å². The van der Waals surface area contributed by atoms with E-state index in [1.54, 1.807) is 0 Å². The summed E-state index contributed by atoms with van der Waals surface area (Å²) < 4.78 is 42.4. The van der Waals surface area contributed by atoms with Crippen LogP contribution >= 0.6 is 0 Å². The third-order valence-corrected chi connectivity index (χ3v) is 6.92. The van der Waals surface area contributed by atoms with E-state index in [1.165, 1.54) is 43.0 Å². The van der Waals surface area contributed by atoms with Crippen molar-refractivity contribution in [3.8, 4) is 0 Å². The molecule has 0 aliphatic carbocycles. The van der Waals surface area contributed by atoms with Gasteiger partial charge in [-0.2, -0.15) is 4.68 Å². The lowest BCUT2D eigenvalue weighted by molar-refractivity contribution is -0.215. The van der Waals surface area contributed by atoms with Crippen molar-refractivity contribution in [2.24, 2.45) is 0 Å². The van der Waals surface area contributed by atoms with E-state index in [0.717, 1.165) is 11.6 Å². The smallest absolute Gasteiger partial charge is 0.330 e. The monoisotopic (exact) mass is 583 g/mol. The fraction of sp³-hybridized carbons (Fsp3) is 0.310. The molecule has 1 aromatic heterocycles. The number of carbonyl (C=O) groups is 3. The summed E-state index contributed by atoms with van der Waals surface area (Å²) in [6, 6.07) is 14.1. The molecule has 0 radical (unpaired) electrons. The van der Waals surface area contributed by atoms with Crippen LogP contribution in [0.5, 0.6) is 0 Å². The summed E-state index contributed by atoms with van der Waals surface area (Å²) >= 11 is 0. The number of halogens is 3. The predicted molar refractivity (Wildman–Crippen MR) is 152 cm³/mol. The summed E-state index contributed by atoms with van der Waals surface area (Å²) in [6.07, 6.45) is -3.81. The van der Waals surface area contributed by atoms with Crippen LogP contribution in [-0.4, -0.2) is 58.1 Å². The molecule has 4 amide bonds. The van der Waals surface area contributed by atoms with Crippen LogP contribution < -0.4 is 16.0 Å². The van der Waals surface area contributed by atoms with Gasteiger partial charge in [0, 0.05) is 23.4 Å². The van der Waals surface area contributed by atoms with Crippen LogP contribution in [0.1, 0.15) is 47.1 Å². The quantitative estimate of drug-likeness (QED) is 0.330. The molecule has 222 valence electrons. The number of hydrogen-bond acceptors (Lipinski definition) is 5. The van der Waals surface area contributed by atoms with Crippen molar-refractivity contribution in [1.29, 1.82) is 0 Å². The molecule has 1 atom stereocenters. The number of benzene rings is 2. The summed E-state index contributed by atoms with van der Waals surface area (Å²) in [7, 11) is 3.71. The molecule has 1 aliphatic rings. The number of rotatable bonds is 8. The Bertz CT molecular complexity index is 1480. The minimum absolute atomic E-state index is 0.0829. The third kappa shape index (κ3) is 6.30. The van der Waals surface area contributed by atoms with Gasteiger partial charge in [0.1, 0.15) is 0 Å². The molecule has 13 heteroatoms. The van der Waals surface area contributed by atoms with Crippen LogP contribution in [0.4, 0.5) is 29.5 Å². The summed E-state index contributed by atoms with van der Waals surface area (Å²) in [6.45, 7) is 6.63. The molecule has 2 heterocycles. The number of anilines is 2. The Morgan fingerprint density at radius 3 is 2.29 bits per heavy atom. The molecular weight excluding hydrogens is 551 g/mol. The summed E-state index contributed by atoms with van der Waals surface area (Å²) in [4.78, 5) is 41.3. The van der Waals surface area contributed by atoms with Crippen molar-refractivity contribution >= 4 is 29.4 Å². The van der Waals surface area contributed by atoms with Gasteiger partial charge in [-0.25, -0.2) is 4.79 Å². The van der Waals surface area contributed by atoms with E-state index in [0.29, 0.717) is 12.2 Å². The van der Waals surface area contributed by atoms with Gasteiger partial charge in [-0.15, -0.1) is 18.3 Å². The molecule has 3 N–H and O–H groups in total. The van der Waals surface area contributed by atoms with Crippen molar-refractivity contribution in [2.45, 2.75) is 38.3 Å². The Morgan fingerprint density at radius 2 is 1.71 bits per heavy atom. The second-order valence-electron chi connectivity index (χ2n) is 10.6. The Morgan fingerprint density at radius 1 is 1.07 bits per heavy atom. The van der Waals surface area contributed by atoms with Crippen molar-refractivity contribution in [2.75, 3.05) is 31.3 Å². The molecule has 2 aromatic carbocycles. The van der Waals surface area contributed by atoms with Crippen LogP contribution in [0.15, 0.2) is 67.3 Å². The molecule has 1 aliphatic heterocycles. The highest BCUT2D eigenvalue weighted by Crippen LogP contribution is 2.45. The molecule has 0 bridgehead atoms. The number of likely N-dealkylation sites (N-methyl/N-ethyl adjacent to an activating group) is 1. The lowest BCUT2D eigenvalue weighted by atomic mass is 10.0. The zero-order chi connectivity index (χ0) is 30.8. The van der Waals surface area contributed by atoms with Crippen LogP contribution in [0.2, 0.25) is 0 Å². The van der Waals surface area contributed by atoms with E-state index in [9.17, 15) is 27.6 Å². The van der Waals surface area contributed by atoms with Crippen LogP contribution in [-0.2, 0) is 23.2 Å². The summed E-state index contributed by atoms with van der Waals surface area (Å²) in [5.74, 6) is -1.44. The molecule has 0 saturated carbocycles. The zero-order valence-corrected chi connectivity index (χ0v) is 23.6. The second-order valence-corrected chi connectivity index (χ2v) is 10.6. The van der Waals surface area contributed by atoms with E-state index >= 15 is 0 Å². The number of alkyl halides is 3. The first-order chi connectivity index (χ1) is 19.7. The van der Waals surface area contributed by atoms with Gasteiger partial charge >= 0.3 is 12.3 Å². The maximum absolute atomic E-state index is 14.2. The van der Waals surface area contributed by atoms with Crippen LogP contribution in [0.25, 0.3) is 0 Å². The van der Waals surface area contributed by atoms with Gasteiger partial charge in [0.05, 0.1) is 23.8 Å². The minimum atomic E-state index is -4.90. The SMILES string of the molecule is C=CC(=O)Nc1ccc(C(=O)Nc2nn(C(F)(F)F)c3c2CN(C(=O)N[C@H](CN(C)C)c2ccccc2)C3(C)C)cc1. The number of aromatic nitrogens is 2. The molecular formula is C29H32F3N7O3. The molecule has 42 heavy (non-hydrogen) atoms. The first-order valence-electron chi connectivity index (χ1n) is 13.0. The van der Waals surface area contributed by atoms with Crippen molar-refractivity contribution < 1.29 is 27.6 Å². The number of nitrogens with zero attached hydrogens (tertiary/aromatic N) is 4. The van der Waals surface area contributed by atoms with Gasteiger partial charge in [0.25, 0.3) is 5.91 Å². The predicted octanol–water partition coefficient (Wildman–Crippen LogP) is 4.80. The fourth-order valence-corrected chi connectivity index (χ4v) is 4.91. The zero-order valence-electron chi connectivity index (χ0n) is 23.6.